The van der Waals surface area contributed by atoms with Crippen LogP contribution in [0.4, 0.5) is 5.82 Å². The minimum Gasteiger partial charge on any atom is -0.308 e. The molecule has 0 saturated heterocycles. The maximum Gasteiger partial charge on any atom is 0.243 e. The Morgan fingerprint density at radius 2 is 2.05 bits per heavy atom. The van der Waals surface area contributed by atoms with E-state index >= 15 is 0 Å². The molecule has 1 atom stereocenters. The molecule has 0 bridgehead atoms. The van der Waals surface area contributed by atoms with Crippen LogP contribution in [-0.4, -0.2) is 22.1 Å². The lowest BCUT2D eigenvalue weighted by atomic mass is 9.95. The summed E-state index contributed by atoms with van der Waals surface area (Å²) in [6.45, 7) is 0.717. The molecule has 3 rings (SSSR count). The Morgan fingerprint density at radius 1 is 1.21 bits per heavy atom. The molecule has 1 amide bonds. The molecule has 0 spiro atoms. The number of amides is 1. The van der Waals surface area contributed by atoms with Gasteiger partial charge in [0.25, 0.3) is 0 Å². The number of nitrogens with one attached hydrogen (secondary N) is 2. The van der Waals surface area contributed by atoms with Gasteiger partial charge in [0.15, 0.2) is 5.82 Å². The van der Waals surface area contributed by atoms with E-state index in [4.69, 9.17) is 0 Å². The number of benzene rings is 1. The summed E-state index contributed by atoms with van der Waals surface area (Å²) >= 11 is 0. The maximum absolute atomic E-state index is 12.1. The molecule has 1 aromatic heterocycles. The number of hydrogen-bond acceptors (Lipinski definition) is 4. The molecule has 1 aromatic carbocycles. The third-order valence-corrected chi connectivity index (χ3v) is 3.22. The molecular formula is C14H14N4O. The van der Waals surface area contributed by atoms with E-state index in [9.17, 15) is 4.79 Å². The second-order valence-corrected chi connectivity index (χ2v) is 4.50. The average Bonchev–Trinajstić information content (AvgIpc) is 2.48. The predicted molar refractivity (Wildman–Crippen MR) is 71.4 cm³/mol. The fraction of sp³-hybridized carbons (Fsp3) is 0.214. The molecule has 5 heteroatoms. The highest BCUT2D eigenvalue weighted by atomic mass is 16.2. The Balaban J connectivity index is 1.70. The highest BCUT2D eigenvalue weighted by molar-refractivity contribution is 5.94. The Morgan fingerprint density at radius 3 is 2.84 bits per heavy atom. The van der Waals surface area contributed by atoms with Crippen molar-refractivity contribution >= 4 is 11.7 Å². The van der Waals surface area contributed by atoms with E-state index in [2.05, 4.69) is 33.0 Å². The summed E-state index contributed by atoms with van der Waals surface area (Å²) in [5.74, 6) is 0.406. The van der Waals surface area contributed by atoms with Crippen LogP contribution >= 0.6 is 0 Å². The lowest BCUT2D eigenvalue weighted by molar-refractivity contribution is -0.118. The van der Waals surface area contributed by atoms with Gasteiger partial charge in [0.2, 0.25) is 5.91 Å². The largest absolute Gasteiger partial charge is 0.308 e. The highest BCUT2D eigenvalue weighted by Gasteiger charge is 2.23. The fourth-order valence-corrected chi connectivity index (χ4v) is 2.22. The van der Waals surface area contributed by atoms with Crippen LogP contribution in [0.2, 0.25) is 0 Å². The first kappa shape index (κ1) is 11.8. The summed E-state index contributed by atoms with van der Waals surface area (Å²) < 4.78 is 0. The number of carbonyl (C=O) groups is 1. The molecular weight excluding hydrogens is 240 g/mol. The average molecular weight is 254 g/mol. The fourth-order valence-electron chi connectivity index (χ4n) is 2.22. The smallest absolute Gasteiger partial charge is 0.243 e. The number of nitrogens with zero attached hydrogens (tertiary/aromatic N) is 2. The second-order valence-electron chi connectivity index (χ2n) is 4.50. The number of fused-ring (bicyclic) bond motifs is 1. The van der Waals surface area contributed by atoms with Gasteiger partial charge in [-0.25, -0.2) is 0 Å². The number of anilines is 1. The minimum absolute atomic E-state index is 0.0741. The molecule has 0 radical (unpaired) electrons. The van der Waals surface area contributed by atoms with Gasteiger partial charge in [0, 0.05) is 12.7 Å². The lowest BCUT2D eigenvalue weighted by Crippen LogP contribution is -2.44. The molecule has 19 heavy (non-hydrogen) atoms. The maximum atomic E-state index is 12.1. The summed E-state index contributed by atoms with van der Waals surface area (Å²) in [5.41, 5.74) is 2.48. The van der Waals surface area contributed by atoms with Crippen LogP contribution in [0.15, 0.2) is 42.6 Å². The monoisotopic (exact) mass is 254 g/mol. The Bertz CT molecular complexity index is 585. The van der Waals surface area contributed by atoms with Crippen molar-refractivity contribution in [3.05, 3.63) is 53.7 Å². The molecule has 0 fully saturated rings. The van der Waals surface area contributed by atoms with E-state index in [1.54, 1.807) is 18.3 Å². The van der Waals surface area contributed by atoms with Gasteiger partial charge in [-0.3, -0.25) is 4.79 Å². The zero-order chi connectivity index (χ0) is 13.1. The summed E-state index contributed by atoms with van der Waals surface area (Å²) in [6.07, 6.45) is 2.27. The molecule has 0 unspecified atom stereocenters. The molecule has 2 heterocycles. The van der Waals surface area contributed by atoms with Gasteiger partial charge in [0.1, 0.15) is 0 Å². The summed E-state index contributed by atoms with van der Waals surface area (Å²) in [4.78, 5) is 12.1. The second kappa shape index (κ2) is 5.16. The van der Waals surface area contributed by atoms with Gasteiger partial charge < -0.3 is 10.6 Å². The van der Waals surface area contributed by atoms with Crippen molar-refractivity contribution in [2.75, 3.05) is 5.32 Å². The number of carbonyl (C=O) groups excluding carboxylic acids is 1. The zero-order valence-corrected chi connectivity index (χ0v) is 10.3. The van der Waals surface area contributed by atoms with E-state index in [-0.39, 0.29) is 11.9 Å². The van der Waals surface area contributed by atoms with Crippen molar-refractivity contribution in [3.63, 3.8) is 0 Å². The lowest BCUT2D eigenvalue weighted by Gasteiger charge is -2.25. The van der Waals surface area contributed by atoms with E-state index in [1.807, 2.05) is 12.1 Å². The van der Waals surface area contributed by atoms with Crippen molar-refractivity contribution in [3.8, 4) is 0 Å². The molecule has 5 nitrogen and oxygen atoms in total. The minimum atomic E-state index is -0.225. The first-order chi connectivity index (χ1) is 9.33. The van der Waals surface area contributed by atoms with Crippen LogP contribution in [0.1, 0.15) is 11.1 Å². The van der Waals surface area contributed by atoms with Crippen LogP contribution in [0.3, 0.4) is 0 Å². The Labute approximate surface area is 111 Å². The number of rotatable bonds is 2. The van der Waals surface area contributed by atoms with Gasteiger partial charge in [-0.05, 0) is 29.7 Å². The topological polar surface area (TPSA) is 66.9 Å². The van der Waals surface area contributed by atoms with Crippen molar-refractivity contribution in [2.45, 2.75) is 19.0 Å². The highest BCUT2D eigenvalue weighted by Crippen LogP contribution is 2.16. The molecule has 96 valence electrons. The quantitative estimate of drug-likeness (QED) is 0.843. The van der Waals surface area contributed by atoms with Crippen molar-refractivity contribution in [2.24, 2.45) is 0 Å². The summed E-state index contributed by atoms with van der Waals surface area (Å²) in [5, 5.41) is 13.6. The molecule has 1 aliphatic heterocycles. The van der Waals surface area contributed by atoms with E-state index in [1.165, 1.54) is 11.1 Å². The van der Waals surface area contributed by atoms with E-state index in [0.29, 0.717) is 18.8 Å². The van der Waals surface area contributed by atoms with Crippen LogP contribution < -0.4 is 10.6 Å². The van der Waals surface area contributed by atoms with Crippen LogP contribution in [0, 0.1) is 0 Å². The van der Waals surface area contributed by atoms with Crippen molar-refractivity contribution < 1.29 is 4.79 Å². The molecule has 2 N–H and O–H groups in total. The molecule has 1 aliphatic rings. The van der Waals surface area contributed by atoms with Gasteiger partial charge >= 0.3 is 0 Å². The number of hydrogen-bond donors (Lipinski definition) is 2. The van der Waals surface area contributed by atoms with Gasteiger partial charge in [-0.15, -0.1) is 5.10 Å². The SMILES string of the molecule is O=C(Nc1cccnn1)[C@H]1Cc2ccccc2CN1. The van der Waals surface area contributed by atoms with E-state index < -0.39 is 0 Å². The third-order valence-electron chi connectivity index (χ3n) is 3.22. The standard InChI is InChI=1S/C14H14N4O/c19-14(17-13-6-3-7-16-18-13)12-8-10-4-1-2-5-11(10)9-15-12/h1-7,12,15H,8-9H2,(H,17,18,19)/t12-/m1/s1. The van der Waals surface area contributed by atoms with Gasteiger partial charge in [-0.2, -0.15) is 5.10 Å². The molecule has 2 aromatic rings. The first-order valence-electron chi connectivity index (χ1n) is 6.21. The van der Waals surface area contributed by atoms with E-state index in [0.717, 1.165) is 0 Å². The predicted octanol–water partition coefficient (Wildman–Crippen LogP) is 1.13. The Hall–Kier alpha value is -2.27. The summed E-state index contributed by atoms with van der Waals surface area (Å²) in [6, 6.07) is 11.4. The van der Waals surface area contributed by atoms with Crippen LogP contribution in [-0.2, 0) is 17.8 Å². The third kappa shape index (κ3) is 2.61. The first-order valence-corrected chi connectivity index (χ1v) is 6.21. The van der Waals surface area contributed by atoms with Crippen LogP contribution in [0.5, 0.6) is 0 Å². The Kier molecular flexibility index (Phi) is 3.20. The normalized spacial score (nSPS) is 17.6. The van der Waals surface area contributed by atoms with Gasteiger partial charge in [-0.1, -0.05) is 24.3 Å². The van der Waals surface area contributed by atoms with Crippen molar-refractivity contribution in [1.82, 2.24) is 15.5 Å². The number of aromatic nitrogens is 2. The zero-order valence-electron chi connectivity index (χ0n) is 10.3. The summed E-state index contributed by atoms with van der Waals surface area (Å²) in [7, 11) is 0. The van der Waals surface area contributed by atoms with Crippen LogP contribution in [0.25, 0.3) is 0 Å². The molecule has 0 saturated carbocycles. The van der Waals surface area contributed by atoms with Gasteiger partial charge in [0.05, 0.1) is 6.04 Å². The van der Waals surface area contributed by atoms with Crippen molar-refractivity contribution in [1.29, 1.82) is 0 Å². The molecule has 0 aliphatic carbocycles.